The lowest BCUT2D eigenvalue weighted by atomic mass is 10.00. The van der Waals surface area contributed by atoms with Gasteiger partial charge in [0.25, 0.3) is 5.91 Å². The number of nitrogens with one attached hydrogen (secondary N) is 2. The van der Waals surface area contributed by atoms with Crippen LogP contribution in [0.5, 0.6) is 5.75 Å². The van der Waals surface area contributed by atoms with Crippen LogP contribution in [0.1, 0.15) is 48.5 Å². The highest BCUT2D eigenvalue weighted by Crippen LogP contribution is 2.23. The van der Waals surface area contributed by atoms with Crippen molar-refractivity contribution in [1.29, 1.82) is 0 Å². The molecule has 3 N–H and O–H groups in total. The molecule has 2 amide bonds. The molecular formula is C16H22N2O5S. The fourth-order valence-corrected chi connectivity index (χ4v) is 4.50. The van der Waals surface area contributed by atoms with Crippen molar-refractivity contribution in [3.8, 4) is 5.75 Å². The summed E-state index contributed by atoms with van der Waals surface area (Å²) >= 11 is 0. The number of sulfone groups is 1. The van der Waals surface area contributed by atoms with Gasteiger partial charge in [-0.15, -0.1) is 0 Å². The highest BCUT2D eigenvalue weighted by atomic mass is 32.2. The Morgan fingerprint density at radius 2 is 2.00 bits per heavy atom. The van der Waals surface area contributed by atoms with Crippen LogP contribution < -0.4 is 10.9 Å². The van der Waals surface area contributed by atoms with Gasteiger partial charge in [-0.1, -0.05) is 19.9 Å². The first-order chi connectivity index (χ1) is 11.2. The zero-order valence-corrected chi connectivity index (χ0v) is 14.5. The second-order valence-electron chi connectivity index (χ2n) is 6.41. The maximum atomic E-state index is 12.1. The lowest BCUT2D eigenvalue weighted by Gasteiger charge is -2.12. The third kappa shape index (κ3) is 4.70. The smallest absolute Gasteiger partial charge is 0.273 e. The SMILES string of the molecule is CC(C)c1ccc(O)c(C(=O)NNC(=O)CC2CCS(=O)(=O)C2)c1. The quantitative estimate of drug-likeness (QED) is 0.701. The number of rotatable bonds is 4. The monoisotopic (exact) mass is 354 g/mol. The molecule has 2 rings (SSSR count). The van der Waals surface area contributed by atoms with Gasteiger partial charge in [-0.25, -0.2) is 8.42 Å². The second kappa shape index (κ2) is 7.21. The third-order valence-corrected chi connectivity index (χ3v) is 5.89. The first-order valence-electron chi connectivity index (χ1n) is 7.80. The molecule has 0 spiro atoms. The van der Waals surface area contributed by atoms with E-state index >= 15 is 0 Å². The largest absolute Gasteiger partial charge is 0.507 e. The lowest BCUT2D eigenvalue weighted by molar-refractivity contribution is -0.122. The van der Waals surface area contributed by atoms with Crippen LogP contribution in [0, 0.1) is 5.92 Å². The van der Waals surface area contributed by atoms with Gasteiger partial charge in [-0.2, -0.15) is 0 Å². The topological polar surface area (TPSA) is 113 Å². The molecule has 1 heterocycles. The van der Waals surface area contributed by atoms with Crippen molar-refractivity contribution in [2.24, 2.45) is 5.92 Å². The number of hydrogen-bond donors (Lipinski definition) is 3. The molecule has 0 aromatic heterocycles. The van der Waals surface area contributed by atoms with E-state index in [0.29, 0.717) is 6.42 Å². The summed E-state index contributed by atoms with van der Waals surface area (Å²) in [6.07, 6.45) is 0.498. The van der Waals surface area contributed by atoms with Crippen LogP contribution >= 0.6 is 0 Å². The fraction of sp³-hybridized carbons (Fsp3) is 0.500. The van der Waals surface area contributed by atoms with Gasteiger partial charge >= 0.3 is 0 Å². The van der Waals surface area contributed by atoms with Gasteiger partial charge in [0, 0.05) is 6.42 Å². The Morgan fingerprint density at radius 3 is 2.58 bits per heavy atom. The maximum Gasteiger partial charge on any atom is 0.273 e. The highest BCUT2D eigenvalue weighted by molar-refractivity contribution is 7.91. The fourth-order valence-electron chi connectivity index (χ4n) is 2.63. The van der Waals surface area contributed by atoms with E-state index in [-0.39, 0.29) is 41.1 Å². The Labute approximate surface area is 141 Å². The van der Waals surface area contributed by atoms with Crippen LogP contribution in [0.2, 0.25) is 0 Å². The predicted molar refractivity (Wildman–Crippen MR) is 89.2 cm³/mol. The standard InChI is InChI=1S/C16H22N2O5S/c1-10(2)12-3-4-14(19)13(8-12)16(21)18-17-15(20)7-11-5-6-24(22,23)9-11/h3-4,8,10-11,19H,5-7,9H2,1-2H3,(H,17,20)(H,18,21). The van der Waals surface area contributed by atoms with Crippen LogP contribution in [0.15, 0.2) is 18.2 Å². The van der Waals surface area contributed by atoms with Crippen molar-refractivity contribution < 1.29 is 23.1 Å². The Kier molecular flexibility index (Phi) is 5.48. The number of benzene rings is 1. The van der Waals surface area contributed by atoms with Crippen LogP contribution in [-0.2, 0) is 14.6 Å². The molecule has 0 saturated carbocycles. The Hall–Kier alpha value is -2.09. The van der Waals surface area contributed by atoms with Gasteiger partial charge in [0.05, 0.1) is 17.1 Å². The minimum Gasteiger partial charge on any atom is -0.507 e. The van der Waals surface area contributed by atoms with Crippen LogP contribution in [0.3, 0.4) is 0 Å². The van der Waals surface area contributed by atoms with Crippen molar-refractivity contribution in [3.05, 3.63) is 29.3 Å². The van der Waals surface area contributed by atoms with E-state index < -0.39 is 21.7 Å². The number of carbonyl (C=O) groups is 2. The van der Waals surface area contributed by atoms with E-state index in [0.717, 1.165) is 5.56 Å². The second-order valence-corrected chi connectivity index (χ2v) is 8.64. The van der Waals surface area contributed by atoms with Crippen molar-refractivity contribution in [1.82, 2.24) is 10.9 Å². The number of phenolic OH excluding ortho intramolecular Hbond substituents is 1. The first kappa shape index (κ1) is 18.3. The zero-order valence-electron chi connectivity index (χ0n) is 13.7. The molecule has 1 aliphatic heterocycles. The summed E-state index contributed by atoms with van der Waals surface area (Å²) in [7, 11) is -3.03. The zero-order chi connectivity index (χ0) is 17.9. The molecule has 1 saturated heterocycles. The van der Waals surface area contributed by atoms with Crippen LogP contribution in [-0.4, -0.2) is 36.8 Å². The van der Waals surface area contributed by atoms with E-state index in [9.17, 15) is 23.1 Å². The third-order valence-electron chi connectivity index (χ3n) is 4.05. The summed E-state index contributed by atoms with van der Waals surface area (Å²) in [4.78, 5) is 23.9. The summed E-state index contributed by atoms with van der Waals surface area (Å²) in [6, 6.07) is 4.75. The molecule has 1 aromatic carbocycles. The number of carbonyl (C=O) groups excluding carboxylic acids is 2. The highest BCUT2D eigenvalue weighted by Gasteiger charge is 2.29. The molecule has 1 fully saturated rings. The summed E-state index contributed by atoms with van der Waals surface area (Å²) < 4.78 is 22.7. The van der Waals surface area contributed by atoms with Crippen LogP contribution in [0.4, 0.5) is 0 Å². The van der Waals surface area contributed by atoms with E-state index in [1.54, 1.807) is 12.1 Å². The molecule has 7 nitrogen and oxygen atoms in total. The molecule has 1 atom stereocenters. The molecule has 0 radical (unpaired) electrons. The average Bonchev–Trinajstić information content (AvgIpc) is 2.83. The average molecular weight is 354 g/mol. The van der Waals surface area contributed by atoms with Gasteiger partial charge in [0.1, 0.15) is 5.75 Å². The van der Waals surface area contributed by atoms with Gasteiger partial charge in [0.2, 0.25) is 5.91 Å². The van der Waals surface area contributed by atoms with Crippen molar-refractivity contribution >= 4 is 21.7 Å². The Balaban J connectivity index is 1.91. The van der Waals surface area contributed by atoms with E-state index in [4.69, 9.17) is 0 Å². The number of phenols is 1. The summed E-state index contributed by atoms with van der Waals surface area (Å²) in [5.74, 6) is -1.17. The number of amides is 2. The van der Waals surface area contributed by atoms with Gasteiger partial charge in [-0.05, 0) is 36.0 Å². The van der Waals surface area contributed by atoms with E-state index in [2.05, 4.69) is 10.9 Å². The molecule has 0 bridgehead atoms. The lowest BCUT2D eigenvalue weighted by Crippen LogP contribution is -2.42. The van der Waals surface area contributed by atoms with Crippen molar-refractivity contribution in [3.63, 3.8) is 0 Å². The molecule has 0 aliphatic carbocycles. The number of hydrogen-bond acceptors (Lipinski definition) is 5. The van der Waals surface area contributed by atoms with Crippen LogP contribution in [0.25, 0.3) is 0 Å². The summed E-state index contributed by atoms with van der Waals surface area (Å²) in [5.41, 5.74) is 5.48. The van der Waals surface area contributed by atoms with Gasteiger partial charge in [-0.3, -0.25) is 20.4 Å². The molecule has 1 aliphatic rings. The normalized spacial score (nSPS) is 19.2. The van der Waals surface area contributed by atoms with E-state index in [1.165, 1.54) is 6.07 Å². The maximum absolute atomic E-state index is 12.1. The summed E-state index contributed by atoms with van der Waals surface area (Å²) in [6.45, 7) is 3.93. The summed E-state index contributed by atoms with van der Waals surface area (Å²) in [5, 5.41) is 9.80. The number of hydrazine groups is 1. The van der Waals surface area contributed by atoms with Gasteiger partial charge in [0.15, 0.2) is 9.84 Å². The Bertz CT molecular complexity index is 743. The minimum atomic E-state index is -3.03. The molecule has 24 heavy (non-hydrogen) atoms. The number of aromatic hydroxyl groups is 1. The molecule has 132 valence electrons. The van der Waals surface area contributed by atoms with E-state index in [1.807, 2.05) is 13.8 Å². The molecule has 8 heteroatoms. The molecule has 1 unspecified atom stereocenters. The van der Waals surface area contributed by atoms with Crippen molar-refractivity contribution in [2.45, 2.75) is 32.6 Å². The van der Waals surface area contributed by atoms with Crippen molar-refractivity contribution in [2.75, 3.05) is 11.5 Å². The van der Waals surface area contributed by atoms with Gasteiger partial charge < -0.3 is 5.11 Å². The molecular weight excluding hydrogens is 332 g/mol. The molecule has 1 aromatic rings. The minimum absolute atomic E-state index is 0.00554. The first-order valence-corrected chi connectivity index (χ1v) is 9.62. The predicted octanol–water partition coefficient (Wildman–Crippen LogP) is 1.10. The Morgan fingerprint density at radius 1 is 1.29 bits per heavy atom.